The van der Waals surface area contributed by atoms with Crippen LogP contribution in [0.2, 0.25) is 0 Å². The maximum atomic E-state index is 12.1. The van der Waals surface area contributed by atoms with E-state index in [1.165, 1.54) is 0 Å². The van der Waals surface area contributed by atoms with Crippen LogP contribution >= 0.6 is 0 Å². The number of benzene rings is 2. The Morgan fingerprint density at radius 3 is 2.04 bits per heavy atom. The van der Waals surface area contributed by atoms with Crippen LogP contribution < -0.4 is 5.32 Å². The highest BCUT2D eigenvalue weighted by atomic mass is 16.5. The highest BCUT2D eigenvalue weighted by Gasteiger charge is 2.06. The third-order valence-corrected chi connectivity index (χ3v) is 3.71. The Morgan fingerprint density at radius 2 is 1.54 bits per heavy atom. The van der Waals surface area contributed by atoms with E-state index in [0.29, 0.717) is 18.7 Å². The number of hydrogen-bond acceptors (Lipinski definition) is 3. The fourth-order valence-electron chi connectivity index (χ4n) is 2.33. The molecule has 128 valence electrons. The molecule has 4 heteroatoms. The van der Waals surface area contributed by atoms with Gasteiger partial charge in [-0.3, -0.25) is 4.79 Å². The maximum absolute atomic E-state index is 12.1. The quantitative estimate of drug-likeness (QED) is 0.765. The van der Waals surface area contributed by atoms with Crippen molar-refractivity contribution in [3.63, 3.8) is 0 Å². The van der Waals surface area contributed by atoms with Crippen LogP contribution in [0.25, 0.3) is 11.1 Å². The molecule has 1 unspecified atom stereocenters. The molecule has 0 saturated carbocycles. The fraction of sp³-hybridized carbons (Fsp3) is 0.350. The van der Waals surface area contributed by atoms with Crippen molar-refractivity contribution in [3.05, 3.63) is 59.7 Å². The SMILES string of the molecule is CC(C)OCCNC(=O)c1ccc(-c2ccc(C(C)O)cc2)cc1. The standard InChI is InChI=1S/C20H25NO3/c1-14(2)24-13-12-21-20(23)19-10-8-18(9-11-19)17-6-4-16(5-7-17)15(3)22/h4-11,14-15,22H,12-13H2,1-3H3,(H,21,23). The van der Waals surface area contributed by atoms with E-state index in [9.17, 15) is 9.90 Å². The Balaban J connectivity index is 1.95. The summed E-state index contributed by atoms with van der Waals surface area (Å²) >= 11 is 0. The fourth-order valence-corrected chi connectivity index (χ4v) is 2.33. The van der Waals surface area contributed by atoms with Crippen LogP contribution in [0, 0.1) is 0 Å². The summed E-state index contributed by atoms with van der Waals surface area (Å²) < 4.78 is 5.40. The topological polar surface area (TPSA) is 58.6 Å². The second-order valence-electron chi connectivity index (χ2n) is 6.05. The molecule has 2 rings (SSSR count). The Labute approximate surface area is 143 Å². The largest absolute Gasteiger partial charge is 0.389 e. The maximum Gasteiger partial charge on any atom is 0.251 e. The van der Waals surface area contributed by atoms with Crippen LogP contribution in [0.3, 0.4) is 0 Å². The molecule has 4 nitrogen and oxygen atoms in total. The van der Waals surface area contributed by atoms with Gasteiger partial charge in [-0.15, -0.1) is 0 Å². The van der Waals surface area contributed by atoms with Crippen LogP contribution in [0.1, 0.15) is 42.8 Å². The zero-order chi connectivity index (χ0) is 17.5. The van der Waals surface area contributed by atoms with Crippen molar-refractivity contribution in [1.29, 1.82) is 0 Å². The van der Waals surface area contributed by atoms with Gasteiger partial charge in [0.2, 0.25) is 0 Å². The normalized spacial score (nSPS) is 12.2. The van der Waals surface area contributed by atoms with Crippen molar-refractivity contribution < 1.29 is 14.6 Å². The van der Waals surface area contributed by atoms with E-state index in [4.69, 9.17) is 4.74 Å². The number of aliphatic hydroxyl groups is 1. The first-order chi connectivity index (χ1) is 11.5. The number of ether oxygens (including phenoxy) is 1. The van der Waals surface area contributed by atoms with Crippen LogP contribution in [-0.2, 0) is 4.74 Å². The summed E-state index contributed by atoms with van der Waals surface area (Å²) in [5.41, 5.74) is 3.60. The summed E-state index contributed by atoms with van der Waals surface area (Å²) in [6.45, 7) is 6.69. The number of rotatable bonds is 7. The van der Waals surface area contributed by atoms with Gasteiger partial charge in [0.25, 0.3) is 5.91 Å². The lowest BCUT2D eigenvalue weighted by atomic mass is 10.0. The van der Waals surface area contributed by atoms with Crippen molar-refractivity contribution in [1.82, 2.24) is 5.32 Å². The minimum atomic E-state index is -0.468. The van der Waals surface area contributed by atoms with E-state index in [0.717, 1.165) is 16.7 Å². The third kappa shape index (κ3) is 5.18. The first kappa shape index (κ1) is 18.2. The monoisotopic (exact) mass is 327 g/mol. The van der Waals surface area contributed by atoms with Gasteiger partial charge in [-0.1, -0.05) is 36.4 Å². The molecule has 1 amide bonds. The molecular formula is C20H25NO3. The van der Waals surface area contributed by atoms with E-state index >= 15 is 0 Å². The number of aliphatic hydroxyl groups excluding tert-OH is 1. The zero-order valence-corrected chi connectivity index (χ0v) is 14.5. The van der Waals surface area contributed by atoms with Gasteiger partial charge in [0.1, 0.15) is 0 Å². The number of carbonyl (C=O) groups excluding carboxylic acids is 1. The van der Waals surface area contributed by atoms with Crippen LogP contribution in [0.4, 0.5) is 0 Å². The summed E-state index contributed by atoms with van der Waals surface area (Å²) in [4.78, 5) is 12.1. The summed E-state index contributed by atoms with van der Waals surface area (Å²) in [5, 5.41) is 12.4. The predicted molar refractivity (Wildman–Crippen MR) is 95.9 cm³/mol. The first-order valence-electron chi connectivity index (χ1n) is 8.25. The molecule has 1 atom stereocenters. The molecule has 0 saturated heterocycles. The third-order valence-electron chi connectivity index (χ3n) is 3.71. The summed E-state index contributed by atoms with van der Waals surface area (Å²) in [7, 11) is 0. The van der Waals surface area contributed by atoms with Crippen molar-refractivity contribution in [3.8, 4) is 11.1 Å². The van der Waals surface area contributed by atoms with E-state index in [1.54, 1.807) is 6.92 Å². The smallest absolute Gasteiger partial charge is 0.251 e. The molecule has 0 aliphatic carbocycles. The number of nitrogens with one attached hydrogen (secondary N) is 1. The van der Waals surface area contributed by atoms with Gasteiger partial charge >= 0.3 is 0 Å². The summed E-state index contributed by atoms with van der Waals surface area (Å²) in [6.07, 6.45) is -0.300. The van der Waals surface area contributed by atoms with Crippen LogP contribution in [0.15, 0.2) is 48.5 Å². The lowest BCUT2D eigenvalue weighted by Gasteiger charge is -2.09. The van der Waals surface area contributed by atoms with E-state index in [-0.39, 0.29) is 12.0 Å². The van der Waals surface area contributed by atoms with E-state index in [1.807, 2.05) is 62.4 Å². The number of hydrogen-bond donors (Lipinski definition) is 2. The average Bonchev–Trinajstić information content (AvgIpc) is 2.58. The molecule has 0 bridgehead atoms. The van der Waals surface area contributed by atoms with Crippen molar-refractivity contribution in [2.24, 2.45) is 0 Å². The van der Waals surface area contributed by atoms with Gasteiger partial charge in [-0.25, -0.2) is 0 Å². The van der Waals surface area contributed by atoms with E-state index in [2.05, 4.69) is 5.32 Å². The Morgan fingerprint density at radius 1 is 1.00 bits per heavy atom. The number of carbonyl (C=O) groups is 1. The molecule has 0 aromatic heterocycles. The van der Waals surface area contributed by atoms with Gasteiger partial charge < -0.3 is 15.2 Å². The second-order valence-corrected chi connectivity index (χ2v) is 6.05. The lowest BCUT2D eigenvalue weighted by molar-refractivity contribution is 0.0746. The molecule has 0 aliphatic heterocycles. The molecule has 0 heterocycles. The molecule has 24 heavy (non-hydrogen) atoms. The molecule has 0 radical (unpaired) electrons. The average molecular weight is 327 g/mol. The van der Waals surface area contributed by atoms with Gasteiger partial charge in [0.05, 0.1) is 18.8 Å². The van der Waals surface area contributed by atoms with Gasteiger partial charge in [0, 0.05) is 12.1 Å². The molecule has 2 N–H and O–H groups in total. The molecule has 0 spiro atoms. The minimum Gasteiger partial charge on any atom is -0.389 e. The van der Waals surface area contributed by atoms with Crippen LogP contribution in [0.5, 0.6) is 0 Å². The minimum absolute atomic E-state index is 0.0987. The number of amides is 1. The first-order valence-corrected chi connectivity index (χ1v) is 8.25. The Bertz CT molecular complexity index is 646. The Hall–Kier alpha value is -2.17. The molecule has 2 aromatic carbocycles. The lowest BCUT2D eigenvalue weighted by Crippen LogP contribution is -2.27. The molecular weight excluding hydrogens is 302 g/mol. The Kier molecular flexibility index (Phi) is 6.53. The van der Waals surface area contributed by atoms with Crippen molar-refractivity contribution in [2.75, 3.05) is 13.2 Å². The molecule has 0 fully saturated rings. The van der Waals surface area contributed by atoms with Gasteiger partial charge in [0.15, 0.2) is 0 Å². The zero-order valence-electron chi connectivity index (χ0n) is 14.5. The van der Waals surface area contributed by atoms with Crippen LogP contribution in [-0.4, -0.2) is 30.3 Å². The van der Waals surface area contributed by atoms with Gasteiger partial charge in [-0.2, -0.15) is 0 Å². The van der Waals surface area contributed by atoms with Crippen molar-refractivity contribution in [2.45, 2.75) is 33.0 Å². The van der Waals surface area contributed by atoms with Crippen molar-refractivity contribution >= 4 is 5.91 Å². The highest BCUT2D eigenvalue weighted by Crippen LogP contribution is 2.22. The van der Waals surface area contributed by atoms with E-state index < -0.39 is 6.10 Å². The molecule has 0 aliphatic rings. The second kappa shape index (κ2) is 8.62. The summed E-state index contributed by atoms with van der Waals surface area (Å²) in [6, 6.07) is 15.3. The summed E-state index contributed by atoms with van der Waals surface area (Å²) in [5.74, 6) is -0.0987. The van der Waals surface area contributed by atoms with Gasteiger partial charge in [-0.05, 0) is 49.6 Å². The predicted octanol–water partition coefficient (Wildman–Crippen LogP) is 3.56. The molecule has 2 aromatic rings. The highest BCUT2D eigenvalue weighted by molar-refractivity contribution is 5.94.